The summed E-state index contributed by atoms with van der Waals surface area (Å²) < 4.78 is 13.9. The van der Waals surface area contributed by atoms with Gasteiger partial charge in [-0.3, -0.25) is 4.98 Å². The second-order valence-electron chi connectivity index (χ2n) is 25.8. The van der Waals surface area contributed by atoms with Gasteiger partial charge < -0.3 is 9.47 Å². The van der Waals surface area contributed by atoms with E-state index in [1.165, 1.54) is 44.5 Å². The highest BCUT2D eigenvalue weighted by Gasteiger charge is 2.53. The van der Waals surface area contributed by atoms with Crippen molar-refractivity contribution in [3.63, 3.8) is 0 Å². The van der Waals surface area contributed by atoms with Crippen LogP contribution in [0.1, 0.15) is 44.5 Å². The minimum absolute atomic E-state index is 0.563. The van der Waals surface area contributed by atoms with Crippen molar-refractivity contribution in [1.29, 1.82) is 0 Å². The molecule has 4 aliphatic rings. The van der Waals surface area contributed by atoms with Crippen LogP contribution in [0.2, 0.25) is 0 Å². The molecule has 0 N–H and O–H groups in total. The Labute approximate surface area is 577 Å². The summed E-state index contributed by atoms with van der Waals surface area (Å²) in [5.74, 6) is 6.82. The molecule has 9 nitrogen and oxygen atoms in total. The van der Waals surface area contributed by atoms with Crippen LogP contribution in [-0.4, -0.2) is 34.9 Å². The van der Waals surface area contributed by atoms with Crippen molar-refractivity contribution >= 4 is 0 Å². The lowest BCUT2D eigenvalue weighted by atomic mass is 9.65. The average molecular weight is 1280 g/mol. The van der Waals surface area contributed by atoms with E-state index >= 15 is 0 Å². The van der Waals surface area contributed by atoms with E-state index in [-0.39, 0.29) is 0 Å². The fourth-order valence-electron chi connectivity index (χ4n) is 15.9. The second-order valence-corrected chi connectivity index (χ2v) is 25.8. The van der Waals surface area contributed by atoms with Gasteiger partial charge in [0, 0.05) is 73.0 Å². The number of hydrogen-bond acceptors (Lipinski definition) is 9. The van der Waals surface area contributed by atoms with Crippen LogP contribution in [0.25, 0.3) is 124 Å². The Bertz CT molecular complexity index is 5820. The van der Waals surface area contributed by atoms with Crippen LogP contribution in [0.3, 0.4) is 0 Å². The fraction of sp³-hybridized carbons (Fsp3) is 0.0220. The van der Waals surface area contributed by atoms with Crippen LogP contribution >= 0.6 is 0 Å². The molecule has 0 radical (unpaired) electrons. The van der Waals surface area contributed by atoms with Gasteiger partial charge in [-0.05, 0) is 110 Å². The predicted octanol–water partition coefficient (Wildman–Crippen LogP) is 21.4. The van der Waals surface area contributed by atoms with Crippen LogP contribution < -0.4 is 9.47 Å². The van der Waals surface area contributed by atoms with Crippen molar-refractivity contribution in [1.82, 2.24) is 34.9 Å². The van der Waals surface area contributed by atoms with Gasteiger partial charge in [-0.1, -0.05) is 279 Å². The van der Waals surface area contributed by atoms with Gasteiger partial charge in [0.05, 0.1) is 16.5 Å². The molecule has 3 aromatic heterocycles. The molecule has 2 aliphatic carbocycles. The molecule has 0 atom stereocenters. The summed E-state index contributed by atoms with van der Waals surface area (Å²) in [5, 5.41) is 0. The number of rotatable bonds is 9. The number of fused-ring (bicyclic) bond motifs is 18. The zero-order chi connectivity index (χ0) is 65.9. The van der Waals surface area contributed by atoms with Gasteiger partial charge in [0.2, 0.25) is 0 Å². The van der Waals surface area contributed by atoms with Crippen molar-refractivity contribution in [3.05, 3.63) is 378 Å². The summed E-state index contributed by atoms with van der Waals surface area (Å²) in [4.78, 5) is 35.7. The maximum absolute atomic E-state index is 7.14. The smallest absolute Gasteiger partial charge is 0.164 e. The van der Waals surface area contributed by atoms with E-state index in [0.29, 0.717) is 34.9 Å². The van der Waals surface area contributed by atoms with E-state index in [0.717, 1.165) is 112 Å². The van der Waals surface area contributed by atoms with Crippen molar-refractivity contribution < 1.29 is 9.47 Å². The lowest BCUT2D eigenvalue weighted by Crippen LogP contribution is -2.32. The van der Waals surface area contributed by atoms with E-state index < -0.39 is 10.8 Å². The number of pyridine rings is 1. The Morgan fingerprint density at radius 2 is 0.500 bits per heavy atom. The van der Waals surface area contributed by atoms with Gasteiger partial charge in [0.1, 0.15) is 23.0 Å². The Kier molecular flexibility index (Phi) is 12.9. The Morgan fingerprint density at radius 1 is 0.190 bits per heavy atom. The molecule has 2 aliphatic heterocycles. The number of nitrogens with zero attached hydrogens (tertiary/aromatic N) is 7. The van der Waals surface area contributed by atoms with Crippen LogP contribution in [0.5, 0.6) is 23.0 Å². The molecular formula is C91H55N7O2. The van der Waals surface area contributed by atoms with Crippen LogP contribution in [-0.2, 0) is 10.8 Å². The first-order chi connectivity index (χ1) is 49.5. The summed E-state index contributed by atoms with van der Waals surface area (Å²) in [6.45, 7) is 0. The van der Waals surface area contributed by atoms with Gasteiger partial charge >= 0.3 is 0 Å². The summed E-state index contributed by atoms with van der Waals surface area (Å²) >= 11 is 0. The minimum atomic E-state index is -0.680. The molecule has 2 spiro atoms. The Hall–Kier alpha value is -13.4. The number of ether oxygens (including phenoxy) is 2. The molecule has 20 rings (SSSR count). The number of para-hydroxylation sites is 1. The fourth-order valence-corrected chi connectivity index (χ4v) is 15.9. The van der Waals surface area contributed by atoms with Gasteiger partial charge in [-0.2, -0.15) is 0 Å². The summed E-state index contributed by atoms with van der Waals surface area (Å²) in [6, 6.07) is 115. The van der Waals surface area contributed by atoms with E-state index in [4.69, 9.17) is 44.4 Å². The molecule has 9 heteroatoms. The van der Waals surface area contributed by atoms with Gasteiger partial charge in [0.15, 0.2) is 34.9 Å². The van der Waals surface area contributed by atoms with Crippen LogP contribution in [0.4, 0.5) is 0 Å². The van der Waals surface area contributed by atoms with Crippen LogP contribution in [0.15, 0.2) is 334 Å². The molecule has 0 unspecified atom stereocenters. The molecule has 0 fully saturated rings. The van der Waals surface area contributed by atoms with Crippen molar-refractivity contribution in [2.24, 2.45) is 0 Å². The van der Waals surface area contributed by atoms with E-state index in [9.17, 15) is 0 Å². The first kappa shape index (κ1) is 56.9. The number of hydrogen-bond donors (Lipinski definition) is 0. The SMILES string of the molecule is c1ccc(-c2nc(-c3ccccc3)nc(-c3ccc(-c4ccc5c(c4)C4(c6ccc(-c7ccc(-c8ccc(-c9nc(-c%10ccccc%10)nc(-c%10ccc%11c(c%10)C%10(c%12ccccc%12O%11)c%11ccccc%11-c%11ccccc%11%10)n9)cc8)nc7)cc6O5)c5ccccc5-c5ccccc54)cc3)n2)cc1. The monoisotopic (exact) mass is 1280 g/mol. The van der Waals surface area contributed by atoms with Crippen molar-refractivity contribution in [2.75, 3.05) is 0 Å². The number of aromatic nitrogens is 7. The minimum Gasteiger partial charge on any atom is -0.457 e. The zero-order valence-electron chi connectivity index (χ0n) is 53.7. The molecule has 16 aromatic rings. The lowest BCUT2D eigenvalue weighted by molar-refractivity contribution is 0.436. The predicted molar refractivity (Wildman–Crippen MR) is 395 cm³/mol. The molecule has 466 valence electrons. The maximum atomic E-state index is 7.14. The third-order valence-electron chi connectivity index (χ3n) is 20.4. The van der Waals surface area contributed by atoms with E-state index in [1.807, 2.05) is 103 Å². The van der Waals surface area contributed by atoms with Crippen LogP contribution in [0, 0.1) is 0 Å². The standard InChI is InChI=1S/C91H55N7O2/c1-4-20-58(21-5-1)84-93-85(59-22-6-2-7-23-59)95-87(94-84)61-40-36-56(37-41-61)63-46-50-82-77(52-63)91(73-32-16-12-28-69(73)70-29-13-17-33-74(70)91)76-48-44-64(54-83(76)100-82)66-45-49-79(92-55-66)57-38-42-62(43-39-57)88-96-86(60-24-8-3-9-25-60)97-89(98-88)65-47-51-81-78(53-65)90(75-34-18-19-35-80(75)99-81)71-30-14-10-26-67(71)68-27-11-15-31-72(68)90/h1-55H. The average Bonchev–Trinajstić information content (AvgIpc) is 1.50. The highest BCUT2D eigenvalue weighted by Crippen LogP contribution is 2.64. The van der Waals surface area contributed by atoms with Gasteiger partial charge in [-0.15, -0.1) is 0 Å². The van der Waals surface area contributed by atoms with Crippen molar-refractivity contribution in [2.45, 2.75) is 10.8 Å². The quantitative estimate of drug-likeness (QED) is 0.140. The van der Waals surface area contributed by atoms with Crippen molar-refractivity contribution in [3.8, 4) is 147 Å². The molecule has 0 saturated heterocycles. The molecule has 0 amide bonds. The van der Waals surface area contributed by atoms with Gasteiger partial charge in [-0.25, -0.2) is 29.9 Å². The zero-order valence-corrected chi connectivity index (χ0v) is 53.7. The molecule has 0 bridgehead atoms. The van der Waals surface area contributed by atoms with E-state index in [1.54, 1.807) is 0 Å². The summed E-state index contributed by atoms with van der Waals surface area (Å²) in [5.41, 5.74) is 24.0. The Morgan fingerprint density at radius 3 is 0.960 bits per heavy atom. The van der Waals surface area contributed by atoms with Gasteiger partial charge in [0.25, 0.3) is 0 Å². The molecular weight excluding hydrogens is 1220 g/mol. The third kappa shape index (κ3) is 8.85. The number of benzene rings is 13. The highest BCUT2D eigenvalue weighted by atomic mass is 16.5. The normalized spacial score (nSPS) is 13.3. The largest absolute Gasteiger partial charge is 0.457 e. The molecule has 5 heterocycles. The second kappa shape index (κ2) is 22.6. The first-order valence-electron chi connectivity index (χ1n) is 33.7. The lowest BCUT2D eigenvalue weighted by Gasteiger charge is -2.39. The highest BCUT2D eigenvalue weighted by molar-refractivity contribution is 5.92. The molecule has 100 heavy (non-hydrogen) atoms. The van der Waals surface area contributed by atoms with E-state index in [2.05, 4.69) is 231 Å². The molecule has 0 saturated carbocycles. The molecule has 13 aromatic carbocycles. The Balaban J connectivity index is 0.623. The third-order valence-corrected chi connectivity index (χ3v) is 20.4. The first-order valence-corrected chi connectivity index (χ1v) is 33.7. The maximum Gasteiger partial charge on any atom is 0.164 e. The topological polar surface area (TPSA) is 109 Å². The summed E-state index contributed by atoms with van der Waals surface area (Å²) in [6.07, 6.45) is 1.96. The summed E-state index contributed by atoms with van der Waals surface area (Å²) in [7, 11) is 0.